The smallest absolute Gasteiger partial charge is 0.462 e. The minimum Gasteiger partial charge on any atom is -0.462 e. The van der Waals surface area contributed by atoms with Gasteiger partial charge in [-0.15, -0.1) is 0 Å². The van der Waals surface area contributed by atoms with Crippen LogP contribution in [0.4, 0.5) is 0 Å². The van der Waals surface area contributed by atoms with Crippen molar-refractivity contribution in [2.75, 3.05) is 47.5 Å². The molecular formula is C49H95NO8P+. The number of allylic oxidation sites excluding steroid dienone is 4. The molecule has 10 heteroatoms. The van der Waals surface area contributed by atoms with E-state index in [1.165, 1.54) is 141 Å². The normalized spacial score (nSPS) is 13.7. The molecule has 0 radical (unpaired) electrons. The number of carbonyl (C=O) groups is 2. The third-order valence-corrected chi connectivity index (χ3v) is 11.7. The molecule has 0 aliphatic rings. The Morgan fingerprint density at radius 3 is 1.25 bits per heavy atom. The number of likely N-dealkylation sites (N-methyl/N-ethyl adjacent to an activating group) is 1. The van der Waals surface area contributed by atoms with Crippen molar-refractivity contribution in [1.29, 1.82) is 0 Å². The first-order valence-corrected chi connectivity index (χ1v) is 26.1. The number of unbranched alkanes of at least 4 members (excludes halogenated alkanes) is 27. The van der Waals surface area contributed by atoms with E-state index in [9.17, 15) is 19.0 Å². The summed E-state index contributed by atoms with van der Waals surface area (Å²) in [5.74, 6) is -0.801. The molecule has 2 atom stereocenters. The standard InChI is InChI=1S/C49H94NO8P/c1-6-8-10-12-14-16-18-20-22-23-24-25-26-27-28-30-32-34-36-38-40-42-49(52)58-47(46-57-59(53,54)56-44-43-50(3,4)5)45-55-48(51)41-39-37-35-33-31-29-21-19-17-15-13-11-9-7-2/h19-22,47H,6-18,23-46H2,1-5H3/p+1/b21-19+,22-20+/t47-/m1/s1. The lowest BCUT2D eigenvalue weighted by molar-refractivity contribution is -0.870. The molecule has 1 unspecified atom stereocenters. The van der Waals surface area contributed by atoms with Crippen LogP contribution in [0.3, 0.4) is 0 Å². The molecule has 1 N–H and O–H groups in total. The molecule has 0 aliphatic heterocycles. The van der Waals surface area contributed by atoms with E-state index in [1.54, 1.807) is 0 Å². The average molecular weight is 857 g/mol. The molecule has 0 saturated carbocycles. The van der Waals surface area contributed by atoms with Crippen LogP contribution in [0.1, 0.15) is 226 Å². The summed E-state index contributed by atoms with van der Waals surface area (Å²) in [4.78, 5) is 35.5. The van der Waals surface area contributed by atoms with Crippen molar-refractivity contribution in [2.45, 2.75) is 232 Å². The van der Waals surface area contributed by atoms with Crippen LogP contribution in [-0.2, 0) is 32.7 Å². The van der Waals surface area contributed by atoms with Gasteiger partial charge in [0.15, 0.2) is 6.10 Å². The van der Waals surface area contributed by atoms with E-state index < -0.39 is 26.5 Å². The number of rotatable bonds is 45. The summed E-state index contributed by atoms with van der Waals surface area (Å²) in [6, 6.07) is 0. The summed E-state index contributed by atoms with van der Waals surface area (Å²) in [5, 5.41) is 0. The number of carbonyl (C=O) groups excluding carboxylic acids is 2. The molecule has 0 rings (SSSR count). The highest BCUT2D eigenvalue weighted by Gasteiger charge is 2.27. The minimum absolute atomic E-state index is 0.0318. The molecule has 348 valence electrons. The SMILES string of the molecule is CCCCCCC/C=C/CCCCCCCC(=O)OC[C@H](COP(=O)(O)OCC[N+](C)(C)C)OC(=O)CCCCCCCCCCCCC/C=C/CCCCCCCC. The van der Waals surface area contributed by atoms with Crippen LogP contribution < -0.4 is 0 Å². The minimum atomic E-state index is -4.38. The first-order valence-electron chi connectivity index (χ1n) is 24.6. The summed E-state index contributed by atoms with van der Waals surface area (Å²) < 4.78 is 34.4. The molecule has 0 bridgehead atoms. The molecule has 0 aromatic carbocycles. The van der Waals surface area contributed by atoms with Crippen LogP contribution in [-0.4, -0.2) is 74.9 Å². The van der Waals surface area contributed by atoms with Crippen LogP contribution in [0.2, 0.25) is 0 Å². The fourth-order valence-electron chi connectivity index (χ4n) is 6.83. The van der Waals surface area contributed by atoms with Gasteiger partial charge in [0.25, 0.3) is 0 Å². The molecule has 0 saturated heterocycles. The molecule has 0 spiro atoms. The molecule has 0 aromatic rings. The van der Waals surface area contributed by atoms with E-state index in [0.29, 0.717) is 17.4 Å². The Bertz CT molecular complexity index is 1060. The van der Waals surface area contributed by atoms with E-state index in [4.69, 9.17) is 18.5 Å². The molecule has 0 aliphatic carbocycles. The maximum Gasteiger partial charge on any atom is 0.472 e. The maximum atomic E-state index is 12.7. The summed E-state index contributed by atoms with van der Waals surface area (Å²) in [5.41, 5.74) is 0. The van der Waals surface area contributed by atoms with Gasteiger partial charge in [-0.25, -0.2) is 4.57 Å². The van der Waals surface area contributed by atoms with Gasteiger partial charge in [0.2, 0.25) is 0 Å². The van der Waals surface area contributed by atoms with Crippen molar-refractivity contribution in [2.24, 2.45) is 0 Å². The van der Waals surface area contributed by atoms with Gasteiger partial charge in [0.05, 0.1) is 27.7 Å². The third kappa shape index (κ3) is 45.8. The van der Waals surface area contributed by atoms with E-state index in [1.807, 2.05) is 21.1 Å². The summed E-state index contributed by atoms with van der Waals surface area (Å²) in [7, 11) is 1.48. The second-order valence-electron chi connectivity index (χ2n) is 17.8. The lowest BCUT2D eigenvalue weighted by Crippen LogP contribution is -2.37. The first kappa shape index (κ1) is 57.5. The van der Waals surface area contributed by atoms with Gasteiger partial charge in [-0.3, -0.25) is 18.6 Å². The highest BCUT2D eigenvalue weighted by molar-refractivity contribution is 7.47. The Morgan fingerprint density at radius 1 is 0.508 bits per heavy atom. The van der Waals surface area contributed by atoms with Crippen LogP contribution >= 0.6 is 7.82 Å². The molecule has 0 fully saturated rings. The predicted molar refractivity (Wildman–Crippen MR) is 247 cm³/mol. The van der Waals surface area contributed by atoms with Crippen molar-refractivity contribution in [3.05, 3.63) is 24.3 Å². The fourth-order valence-corrected chi connectivity index (χ4v) is 7.57. The van der Waals surface area contributed by atoms with E-state index in [-0.39, 0.29) is 32.0 Å². The monoisotopic (exact) mass is 857 g/mol. The molecule has 0 aromatic heterocycles. The Hall–Kier alpha value is -1.51. The van der Waals surface area contributed by atoms with Gasteiger partial charge in [-0.1, -0.05) is 173 Å². The largest absolute Gasteiger partial charge is 0.472 e. The molecular weight excluding hydrogens is 762 g/mol. The number of hydrogen-bond donors (Lipinski definition) is 1. The zero-order valence-electron chi connectivity index (χ0n) is 39.2. The lowest BCUT2D eigenvalue weighted by Gasteiger charge is -2.24. The summed E-state index contributed by atoms with van der Waals surface area (Å²) in [6.45, 7) is 4.42. The highest BCUT2D eigenvalue weighted by atomic mass is 31.2. The van der Waals surface area contributed by atoms with Crippen LogP contribution in [0.25, 0.3) is 0 Å². The molecule has 0 heterocycles. The Balaban J connectivity index is 4.25. The van der Waals surface area contributed by atoms with Gasteiger partial charge in [0.1, 0.15) is 19.8 Å². The molecule has 9 nitrogen and oxygen atoms in total. The van der Waals surface area contributed by atoms with Crippen LogP contribution in [0.5, 0.6) is 0 Å². The summed E-state index contributed by atoms with van der Waals surface area (Å²) in [6.07, 6.45) is 46.5. The maximum absolute atomic E-state index is 12.7. The quantitative estimate of drug-likeness (QED) is 0.0212. The lowest BCUT2D eigenvalue weighted by atomic mass is 10.0. The van der Waals surface area contributed by atoms with E-state index >= 15 is 0 Å². The molecule has 59 heavy (non-hydrogen) atoms. The topological polar surface area (TPSA) is 108 Å². The van der Waals surface area contributed by atoms with Crippen LogP contribution in [0.15, 0.2) is 24.3 Å². The van der Waals surface area contributed by atoms with Crippen molar-refractivity contribution in [3.63, 3.8) is 0 Å². The molecule has 0 amide bonds. The van der Waals surface area contributed by atoms with Gasteiger partial charge >= 0.3 is 19.8 Å². The predicted octanol–water partition coefficient (Wildman–Crippen LogP) is 14.3. The number of quaternary nitrogens is 1. The summed E-state index contributed by atoms with van der Waals surface area (Å²) >= 11 is 0. The van der Waals surface area contributed by atoms with Crippen LogP contribution in [0, 0.1) is 0 Å². The first-order chi connectivity index (χ1) is 28.5. The van der Waals surface area contributed by atoms with E-state index in [0.717, 1.165) is 51.4 Å². The Morgan fingerprint density at radius 2 is 0.864 bits per heavy atom. The number of phosphoric ester groups is 1. The van der Waals surface area contributed by atoms with Gasteiger partial charge in [-0.2, -0.15) is 0 Å². The van der Waals surface area contributed by atoms with Crippen molar-refractivity contribution < 1.29 is 42.1 Å². The van der Waals surface area contributed by atoms with Gasteiger partial charge < -0.3 is 18.9 Å². The number of nitrogens with zero attached hydrogens (tertiary/aromatic N) is 1. The Labute approximate surface area is 364 Å². The van der Waals surface area contributed by atoms with E-state index in [2.05, 4.69) is 38.2 Å². The fraction of sp³-hybridized carbons (Fsp3) is 0.878. The second-order valence-corrected chi connectivity index (χ2v) is 19.3. The number of ether oxygens (including phenoxy) is 2. The number of phosphoric acid groups is 1. The average Bonchev–Trinajstić information content (AvgIpc) is 3.19. The zero-order valence-corrected chi connectivity index (χ0v) is 40.1. The van der Waals surface area contributed by atoms with Crippen molar-refractivity contribution in [3.8, 4) is 0 Å². The second kappa shape index (κ2) is 41.8. The van der Waals surface area contributed by atoms with Gasteiger partial charge in [-0.05, 0) is 64.2 Å². The number of esters is 2. The van der Waals surface area contributed by atoms with Crippen molar-refractivity contribution in [1.82, 2.24) is 0 Å². The highest BCUT2D eigenvalue weighted by Crippen LogP contribution is 2.43. The third-order valence-electron chi connectivity index (χ3n) is 10.7. The zero-order chi connectivity index (χ0) is 43.6. The van der Waals surface area contributed by atoms with Crippen molar-refractivity contribution >= 4 is 19.8 Å². The Kier molecular flexibility index (Phi) is 40.8. The number of hydrogen-bond acceptors (Lipinski definition) is 7. The van der Waals surface area contributed by atoms with Gasteiger partial charge in [0, 0.05) is 12.8 Å².